The third-order valence-corrected chi connectivity index (χ3v) is 8.24. The van der Waals surface area contributed by atoms with Crippen LogP contribution >= 0.6 is 11.3 Å². The van der Waals surface area contributed by atoms with Crippen LogP contribution in [0.5, 0.6) is 11.5 Å². The first-order valence-corrected chi connectivity index (χ1v) is 12.8. The molecule has 38 heavy (non-hydrogen) atoms. The lowest BCUT2D eigenvalue weighted by Gasteiger charge is -2.49. The Morgan fingerprint density at radius 1 is 0.947 bits per heavy atom. The van der Waals surface area contributed by atoms with Gasteiger partial charge in [-0.2, -0.15) is 4.68 Å². The minimum absolute atomic E-state index is 0.0154. The number of thiazole rings is 1. The van der Waals surface area contributed by atoms with Crippen LogP contribution in [-0.2, 0) is 11.3 Å². The average molecular weight is 528 g/mol. The minimum Gasteiger partial charge on any atom is -0.504 e. The quantitative estimate of drug-likeness (QED) is 0.425. The molecule has 2 aliphatic heterocycles. The first-order valence-electron chi connectivity index (χ1n) is 11.9. The molecule has 2 amide bonds. The Bertz CT molecular complexity index is 1740. The zero-order valence-corrected chi connectivity index (χ0v) is 21.8. The molecule has 6 rings (SSSR count). The van der Waals surface area contributed by atoms with Crippen molar-refractivity contribution in [3.05, 3.63) is 115 Å². The van der Waals surface area contributed by atoms with E-state index in [4.69, 9.17) is 9.73 Å². The van der Waals surface area contributed by atoms with E-state index >= 15 is 0 Å². The molecule has 9 nitrogen and oxygen atoms in total. The molecule has 2 atom stereocenters. The predicted molar refractivity (Wildman–Crippen MR) is 144 cm³/mol. The fraction of sp³-hybridized carbons (Fsp3) is 0.179. The monoisotopic (exact) mass is 527 g/mol. The van der Waals surface area contributed by atoms with Gasteiger partial charge in [0.25, 0.3) is 5.56 Å². The topological polar surface area (TPSA) is 99.4 Å². The molecule has 0 radical (unpaired) electrons. The number of hydrogen-bond acceptors (Lipinski definition) is 7. The molecule has 1 fully saturated rings. The number of nitrogens with one attached hydrogen (secondary N) is 1. The molecule has 10 heteroatoms. The summed E-state index contributed by atoms with van der Waals surface area (Å²) in [4.78, 5) is 36.2. The Hall–Kier alpha value is -4.57. The number of urea groups is 1. The zero-order valence-electron chi connectivity index (χ0n) is 21.0. The summed E-state index contributed by atoms with van der Waals surface area (Å²) in [6.07, 6.45) is 1.73. The van der Waals surface area contributed by atoms with Crippen molar-refractivity contribution < 1.29 is 14.6 Å². The van der Waals surface area contributed by atoms with Gasteiger partial charge in [0.15, 0.2) is 11.5 Å². The number of amides is 2. The normalized spacial score (nSPS) is 22.5. The van der Waals surface area contributed by atoms with Crippen molar-refractivity contribution in [3.8, 4) is 11.5 Å². The van der Waals surface area contributed by atoms with Gasteiger partial charge in [0.1, 0.15) is 0 Å². The number of likely N-dealkylation sites (N-methyl/N-ethyl adjacent to an activating group) is 2. The maximum Gasteiger partial charge on any atom is 0.324 e. The fourth-order valence-electron chi connectivity index (χ4n) is 5.45. The average Bonchev–Trinajstić information content (AvgIpc) is 3.33. The SMILES string of the molecule is COc1cc(/C=c2/sc3n(c2=O)NC2(c4ccccc4)N(C)C(=O)N(C)C2(c2ccccc2)N=3)ccc1O. The molecule has 0 bridgehead atoms. The third-order valence-electron chi connectivity index (χ3n) is 7.27. The van der Waals surface area contributed by atoms with Gasteiger partial charge in [-0.05, 0) is 23.8 Å². The second-order valence-electron chi connectivity index (χ2n) is 9.20. The van der Waals surface area contributed by atoms with Gasteiger partial charge in [-0.1, -0.05) is 78.1 Å². The van der Waals surface area contributed by atoms with Crippen LogP contribution in [0.4, 0.5) is 4.79 Å². The van der Waals surface area contributed by atoms with Crippen LogP contribution in [0, 0.1) is 0 Å². The molecule has 4 aromatic rings. The summed E-state index contributed by atoms with van der Waals surface area (Å²) in [5.41, 5.74) is 2.99. The molecule has 0 aliphatic carbocycles. The number of carbonyl (C=O) groups excluding carboxylic acids is 1. The van der Waals surface area contributed by atoms with Gasteiger partial charge in [-0.15, -0.1) is 0 Å². The van der Waals surface area contributed by atoms with Crippen molar-refractivity contribution in [1.82, 2.24) is 14.5 Å². The van der Waals surface area contributed by atoms with Gasteiger partial charge in [0, 0.05) is 25.2 Å². The van der Waals surface area contributed by atoms with Crippen LogP contribution in [0.1, 0.15) is 16.7 Å². The van der Waals surface area contributed by atoms with Crippen LogP contribution < -0.4 is 25.1 Å². The number of benzene rings is 3. The third kappa shape index (κ3) is 3.07. The van der Waals surface area contributed by atoms with Crippen LogP contribution in [0.25, 0.3) is 6.08 Å². The standard InChI is InChI=1S/C28H25N5O4S/c1-31-26(36)32(2)28(20-12-8-5-9-13-20)27(31,19-10-6-4-7-11-19)29-25-33(30-28)24(35)23(38-25)17-18-14-15-21(34)22(16-18)37-3/h4-17,30,34H,1-3H3/b23-17+. The summed E-state index contributed by atoms with van der Waals surface area (Å²) in [7, 11) is 4.93. The lowest BCUT2D eigenvalue weighted by molar-refractivity contribution is 0.0648. The molecule has 3 aromatic carbocycles. The highest BCUT2D eigenvalue weighted by atomic mass is 32.1. The van der Waals surface area contributed by atoms with Gasteiger partial charge in [0.2, 0.25) is 16.1 Å². The molecule has 192 valence electrons. The lowest BCUT2D eigenvalue weighted by atomic mass is 9.80. The number of phenolic OH excluding ortho intramolecular Hbond substituents is 1. The lowest BCUT2D eigenvalue weighted by Crippen LogP contribution is -2.67. The van der Waals surface area contributed by atoms with Gasteiger partial charge >= 0.3 is 6.03 Å². The zero-order chi connectivity index (χ0) is 26.7. The van der Waals surface area contributed by atoms with E-state index in [9.17, 15) is 14.7 Å². The largest absolute Gasteiger partial charge is 0.504 e. The van der Waals surface area contributed by atoms with E-state index in [0.29, 0.717) is 20.6 Å². The summed E-state index contributed by atoms with van der Waals surface area (Å²) >= 11 is 1.22. The van der Waals surface area contributed by atoms with Gasteiger partial charge in [-0.3, -0.25) is 20.0 Å². The number of aromatic nitrogens is 1. The molecule has 0 spiro atoms. The van der Waals surface area contributed by atoms with Gasteiger partial charge < -0.3 is 9.84 Å². The number of rotatable bonds is 4. The summed E-state index contributed by atoms with van der Waals surface area (Å²) in [5, 5.41) is 9.96. The van der Waals surface area contributed by atoms with Crippen molar-refractivity contribution in [2.45, 2.75) is 11.3 Å². The van der Waals surface area contributed by atoms with E-state index in [1.807, 2.05) is 60.7 Å². The van der Waals surface area contributed by atoms with Crippen molar-refractivity contribution >= 4 is 23.4 Å². The molecule has 2 N–H and O–H groups in total. The van der Waals surface area contributed by atoms with Crippen LogP contribution in [0.15, 0.2) is 88.6 Å². The molecule has 2 aliphatic rings. The highest BCUT2D eigenvalue weighted by Gasteiger charge is 2.69. The molecular weight excluding hydrogens is 502 g/mol. The maximum atomic E-state index is 13.7. The van der Waals surface area contributed by atoms with E-state index in [-0.39, 0.29) is 17.3 Å². The second kappa shape index (κ2) is 8.49. The number of hydrogen-bond donors (Lipinski definition) is 2. The van der Waals surface area contributed by atoms with E-state index in [0.717, 1.165) is 11.1 Å². The van der Waals surface area contributed by atoms with Gasteiger partial charge in [-0.25, -0.2) is 9.79 Å². The molecule has 3 heterocycles. The number of phenols is 1. The van der Waals surface area contributed by atoms with E-state index < -0.39 is 11.3 Å². The second-order valence-corrected chi connectivity index (χ2v) is 10.2. The van der Waals surface area contributed by atoms with Crippen molar-refractivity contribution in [2.24, 2.45) is 4.99 Å². The van der Waals surface area contributed by atoms with Gasteiger partial charge in [0.05, 0.1) is 11.6 Å². The Morgan fingerprint density at radius 3 is 2.26 bits per heavy atom. The van der Waals surface area contributed by atoms with Crippen molar-refractivity contribution in [3.63, 3.8) is 0 Å². The fourth-order valence-corrected chi connectivity index (χ4v) is 6.42. The maximum absolute atomic E-state index is 13.7. The first kappa shape index (κ1) is 23.8. The Labute approximate surface area is 222 Å². The number of carbonyl (C=O) groups is 1. The molecular formula is C28H25N5O4S. The molecule has 2 unspecified atom stereocenters. The smallest absolute Gasteiger partial charge is 0.324 e. The summed E-state index contributed by atoms with van der Waals surface area (Å²) in [6, 6.07) is 23.9. The van der Waals surface area contributed by atoms with Crippen LogP contribution in [0.3, 0.4) is 0 Å². The molecule has 0 saturated carbocycles. The minimum atomic E-state index is -1.22. The van der Waals surface area contributed by atoms with E-state index in [1.165, 1.54) is 29.2 Å². The summed E-state index contributed by atoms with van der Waals surface area (Å²) in [5.74, 6) is 0.326. The van der Waals surface area contributed by atoms with Crippen molar-refractivity contribution in [2.75, 3.05) is 26.6 Å². The Morgan fingerprint density at radius 2 is 1.61 bits per heavy atom. The number of aromatic hydroxyl groups is 1. The molecule has 1 saturated heterocycles. The summed E-state index contributed by atoms with van der Waals surface area (Å²) in [6.45, 7) is 0. The molecule has 1 aromatic heterocycles. The Balaban J connectivity index is 1.67. The Kier molecular flexibility index (Phi) is 5.32. The summed E-state index contributed by atoms with van der Waals surface area (Å²) < 4.78 is 7.08. The van der Waals surface area contributed by atoms with E-state index in [1.54, 1.807) is 42.1 Å². The first-order chi connectivity index (χ1) is 18.3. The number of nitrogens with zero attached hydrogens (tertiary/aromatic N) is 4. The van der Waals surface area contributed by atoms with E-state index in [2.05, 4.69) is 5.43 Å². The number of methoxy groups -OCH3 is 1. The number of ether oxygens (including phenoxy) is 1. The predicted octanol–water partition coefficient (Wildman–Crippen LogP) is 2.33. The highest BCUT2D eigenvalue weighted by Crippen LogP contribution is 2.53. The van der Waals surface area contributed by atoms with Crippen molar-refractivity contribution in [1.29, 1.82) is 0 Å². The van der Waals surface area contributed by atoms with Crippen LogP contribution in [-0.4, -0.2) is 46.8 Å². The van der Waals surface area contributed by atoms with Crippen LogP contribution in [0.2, 0.25) is 0 Å². The number of fused-ring (bicyclic) bond motifs is 2. The highest BCUT2D eigenvalue weighted by molar-refractivity contribution is 7.07.